The van der Waals surface area contributed by atoms with Gasteiger partial charge in [0.15, 0.2) is 11.5 Å². The molecule has 1 atom stereocenters. The Bertz CT molecular complexity index is 950. The van der Waals surface area contributed by atoms with Gasteiger partial charge in [0, 0.05) is 17.1 Å². The number of rotatable bonds is 5. The summed E-state index contributed by atoms with van der Waals surface area (Å²) < 4.78 is 13.2. The van der Waals surface area contributed by atoms with Gasteiger partial charge in [-0.25, -0.2) is 0 Å². The maximum atomic E-state index is 12.8. The van der Waals surface area contributed by atoms with Crippen molar-refractivity contribution in [1.82, 2.24) is 15.1 Å². The number of aromatic nitrogens is 2. The van der Waals surface area contributed by atoms with Gasteiger partial charge in [0.05, 0.1) is 11.3 Å². The summed E-state index contributed by atoms with van der Waals surface area (Å²) in [4.78, 5) is 14.0. The van der Waals surface area contributed by atoms with Crippen LogP contribution in [0.1, 0.15) is 32.7 Å². The summed E-state index contributed by atoms with van der Waals surface area (Å²) in [6.45, 7) is 5.38. The molecule has 3 aromatic rings. The Hall–Kier alpha value is -2.80. The molecule has 1 N–H and O–H groups in total. The second-order valence-corrected chi connectivity index (χ2v) is 7.42. The zero-order chi connectivity index (χ0) is 18.8. The summed E-state index contributed by atoms with van der Waals surface area (Å²) in [5.74, 6) is 0.947. The molecule has 6 nitrogen and oxygen atoms in total. The van der Waals surface area contributed by atoms with Gasteiger partial charge in [-0.2, -0.15) is 5.10 Å². The van der Waals surface area contributed by atoms with Crippen molar-refractivity contribution in [3.05, 3.63) is 63.6 Å². The highest BCUT2D eigenvalue weighted by Crippen LogP contribution is 2.33. The van der Waals surface area contributed by atoms with E-state index in [9.17, 15) is 4.79 Å². The first kappa shape index (κ1) is 17.6. The molecule has 0 radical (unpaired) electrons. The largest absolute Gasteiger partial charge is 0.486 e. The molecule has 2 aromatic heterocycles. The number of carbonyl (C=O) groups excluding carboxylic acids is 1. The van der Waals surface area contributed by atoms with Gasteiger partial charge < -0.3 is 14.8 Å². The summed E-state index contributed by atoms with van der Waals surface area (Å²) in [6, 6.07) is 11.4. The van der Waals surface area contributed by atoms with Crippen molar-refractivity contribution in [1.29, 1.82) is 0 Å². The minimum absolute atomic E-state index is 0.0562. The summed E-state index contributed by atoms with van der Waals surface area (Å²) >= 11 is 1.66. The van der Waals surface area contributed by atoms with Crippen molar-refractivity contribution in [2.24, 2.45) is 0 Å². The molecule has 140 valence electrons. The topological polar surface area (TPSA) is 65.4 Å². The fraction of sp³-hybridized carbons (Fsp3) is 0.300. The Kier molecular flexibility index (Phi) is 4.85. The van der Waals surface area contributed by atoms with Crippen molar-refractivity contribution < 1.29 is 14.3 Å². The molecule has 7 heteroatoms. The van der Waals surface area contributed by atoms with Gasteiger partial charge in [0.2, 0.25) is 0 Å². The summed E-state index contributed by atoms with van der Waals surface area (Å²) in [5.41, 5.74) is 2.52. The standard InChI is InChI=1S/C20H21N3O3S/c1-13-11-14(2)23(22-13)16(18-7-4-10-27-18)12-21-20(24)15-5-3-6-17-19(15)26-9-8-25-17/h3-7,10-11,16H,8-9,12H2,1-2H3,(H,21,24). The normalized spacial score (nSPS) is 14.0. The van der Waals surface area contributed by atoms with E-state index in [2.05, 4.69) is 16.5 Å². The van der Waals surface area contributed by atoms with Crippen LogP contribution in [0.2, 0.25) is 0 Å². The third-order valence-corrected chi connectivity index (χ3v) is 5.45. The zero-order valence-electron chi connectivity index (χ0n) is 15.3. The van der Waals surface area contributed by atoms with E-state index in [1.165, 1.54) is 0 Å². The quantitative estimate of drug-likeness (QED) is 0.734. The van der Waals surface area contributed by atoms with Crippen LogP contribution in [0, 0.1) is 13.8 Å². The number of nitrogens with zero attached hydrogens (tertiary/aromatic N) is 2. The molecule has 1 aliphatic rings. The van der Waals surface area contributed by atoms with Gasteiger partial charge in [0.25, 0.3) is 5.91 Å². The van der Waals surface area contributed by atoms with Gasteiger partial charge in [-0.15, -0.1) is 11.3 Å². The van der Waals surface area contributed by atoms with E-state index < -0.39 is 0 Å². The van der Waals surface area contributed by atoms with E-state index >= 15 is 0 Å². The van der Waals surface area contributed by atoms with Crippen LogP contribution >= 0.6 is 11.3 Å². The molecule has 0 spiro atoms. The van der Waals surface area contributed by atoms with Crippen molar-refractivity contribution in [2.45, 2.75) is 19.9 Å². The number of thiophene rings is 1. The number of fused-ring (bicyclic) bond motifs is 1. The number of hydrogen-bond donors (Lipinski definition) is 1. The van der Waals surface area contributed by atoms with E-state index in [-0.39, 0.29) is 11.9 Å². The van der Waals surface area contributed by atoms with Gasteiger partial charge in [-0.05, 0) is 43.5 Å². The average molecular weight is 383 g/mol. The first-order valence-electron chi connectivity index (χ1n) is 8.86. The molecule has 4 rings (SSSR count). The Morgan fingerprint density at radius 1 is 1.26 bits per heavy atom. The second-order valence-electron chi connectivity index (χ2n) is 6.44. The molecule has 1 amide bonds. The van der Waals surface area contributed by atoms with Crippen LogP contribution in [-0.2, 0) is 0 Å². The van der Waals surface area contributed by atoms with Crippen LogP contribution in [0.25, 0.3) is 0 Å². The number of para-hydroxylation sites is 1. The molecule has 0 fully saturated rings. The number of carbonyl (C=O) groups is 1. The Morgan fingerprint density at radius 3 is 2.85 bits per heavy atom. The van der Waals surface area contributed by atoms with Gasteiger partial charge >= 0.3 is 0 Å². The predicted molar refractivity (Wildman–Crippen MR) is 104 cm³/mol. The minimum atomic E-state index is -0.180. The molecule has 3 heterocycles. The number of hydrogen-bond acceptors (Lipinski definition) is 5. The number of nitrogens with one attached hydrogen (secondary N) is 1. The lowest BCUT2D eigenvalue weighted by Gasteiger charge is -2.22. The van der Waals surface area contributed by atoms with Gasteiger partial charge in [0.1, 0.15) is 19.3 Å². The van der Waals surface area contributed by atoms with Gasteiger partial charge in [-0.3, -0.25) is 9.48 Å². The smallest absolute Gasteiger partial charge is 0.255 e. The van der Waals surface area contributed by atoms with E-state index in [0.29, 0.717) is 36.8 Å². The number of benzene rings is 1. The first-order valence-corrected chi connectivity index (χ1v) is 9.74. The molecule has 0 saturated carbocycles. The summed E-state index contributed by atoms with van der Waals surface area (Å²) in [6.07, 6.45) is 0. The van der Waals surface area contributed by atoms with Crippen LogP contribution < -0.4 is 14.8 Å². The van der Waals surface area contributed by atoms with Crippen molar-refractivity contribution in [3.8, 4) is 11.5 Å². The van der Waals surface area contributed by atoms with Gasteiger partial charge in [-0.1, -0.05) is 12.1 Å². The summed E-state index contributed by atoms with van der Waals surface area (Å²) in [5, 5.41) is 9.69. The van der Waals surface area contributed by atoms with Crippen molar-refractivity contribution in [2.75, 3.05) is 19.8 Å². The van der Waals surface area contributed by atoms with Crippen LogP contribution in [0.4, 0.5) is 0 Å². The molecule has 1 unspecified atom stereocenters. The zero-order valence-corrected chi connectivity index (χ0v) is 16.1. The number of aryl methyl sites for hydroxylation is 2. The molecule has 0 bridgehead atoms. The molecule has 1 aliphatic heterocycles. The molecular formula is C20H21N3O3S. The number of ether oxygens (including phenoxy) is 2. The lowest BCUT2D eigenvalue weighted by atomic mass is 10.1. The van der Waals surface area contributed by atoms with E-state index in [1.54, 1.807) is 23.5 Å². The monoisotopic (exact) mass is 383 g/mol. The Morgan fingerprint density at radius 2 is 2.11 bits per heavy atom. The molecule has 1 aromatic carbocycles. The number of amides is 1. The fourth-order valence-corrected chi connectivity index (χ4v) is 4.10. The first-order chi connectivity index (χ1) is 13.1. The summed E-state index contributed by atoms with van der Waals surface area (Å²) in [7, 11) is 0. The second kappa shape index (κ2) is 7.44. The van der Waals surface area contributed by atoms with E-state index in [0.717, 1.165) is 16.3 Å². The third kappa shape index (κ3) is 3.55. The molecular weight excluding hydrogens is 362 g/mol. The Labute approximate surface area is 161 Å². The highest BCUT2D eigenvalue weighted by molar-refractivity contribution is 7.10. The van der Waals surface area contributed by atoms with Crippen LogP contribution in [-0.4, -0.2) is 35.4 Å². The lowest BCUT2D eigenvalue weighted by molar-refractivity contribution is 0.0938. The molecule has 0 saturated heterocycles. The third-order valence-electron chi connectivity index (χ3n) is 4.48. The van der Waals surface area contributed by atoms with Crippen LogP contribution in [0.3, 0.4) is 0 Å². The molecule has 0 aliphatic carbocycles. The Balaban J connectivity index is 1.57. The van der Waals surface area contributed by atoms with Crippen LogP contribution in [0.15, 0.2) is 41.8 Å². The van der Waals surface area contributed by atoms with Crippen LogP contribution in [0.5, 0.6) is 11.5 Å². The molecule has 27 heavy (non-hydrogen) atoms. The highest BCUT2D eigenvalue weighted by Gasteiger charge is 2.23. The minimum Gasteiger partial charge on any atom is -0.486 e. The maximum Gasteiger partial charge on any atom is 0.255 e. The fourth-order valence-electron chi connectivity index (χ4n) is 3.29. The average Bonchev–Trinajstić information content (AvgIpc) is 3.31. The van der Waals surface area contributed by atoms with Crippen molar-refractivity contribution in [3.63, 3.8) is 0 Å². The highest BCUT2D eigenvalue weighted by atomic mass is 32.1. The predicted octanol–water partition coefficient (Wildman–Crippen LogP) is 3.35. The lowest BCUT2D eigenvalue weighted by Crippen LogP contribution is -2.32. The SMILES string of the molecule is Cc1cc(C)n(C(CNC(=O)c2cccc3c2OCCO3)c2cccs2)n1. The van der Waals surface area contributed by atoms with E-state index in [1.807, 2.05) is 42.1 Å². The maximum absolute atomic E-state index is 12.8. The van der Waals surface area contributed by atoms with Crippen molar-refractivity contribution >= 4 is 17.2 Å². The van der Waals surface area contributed by atoms with E-state index in [4.69, 9.17) is 9.47 Å².